The number of rotatable bonds is 0. The largest absolute Gasteiger partial charge is 0.253 e. The van der Waals surface area contributed by atoms with E-state index in [1.54, 1.807) is 0 Å². The highest BCUT2D eigenvalue weighted by Gasteiger charge is 2.22. The smallest absolute Gasteiger partial charge is 0.0705 e. The second-order valence-corrected chi connectivity index (χ2v) is 4.02. The molecule has 2 heteroatoms. The molecule has 0 saturated heterocycles. The minimum Gasteiger partial charge on any atom is -0.253 e. The van der Waals surface area contributed by atoms with Crippen LogP contribution in [0, 0.1) is 17.2 Å². The number of aromatic nitrogens is 1. The summed E-state index contributed by atoms with van der Waals surface area (Å²) in [6.07, 6.45) is 1.68. The van der Waals surface area contributed by atoms with Gasteiger partial charge in [-0.1, -0.05) is 18.2 Å². The van der Waals surface area contributed by atoms with Gasteiger partial charge in [-0.2, -0.15) is 5.26 Å². The number of nitrogens with zero attached hydrogens (tertiary/aromatic N) is 2. The van der Waals surface area contributed by atoms with E-state index in [9.17, 15) is 0 Å². The van der Waals surface area contributed by atoms with Crippen LogP contribution in [0.1, 0.15) is 11.3 Å². The van der Waals surface area contributed by atoms with Gasteiger partial charge in [0.25, 0.3) is 0 Å². The molecule has 0 spiro atoms. The second-order valence-electron chi connectivity index (χ2n) is 4.02. The van der Waals surface area contributed by atoms with Crippen molar-refractivity contribution < 1.29 is 0 Å². The second kappa shape index (κ2) is 3.06. The average molecular weight is 194 g/mol. The maximum atomic E-state index is 8.90. The minimum absolute atomic E-state index is 0.129. The predicted molar refractivity (Wildman–Crippen MR) is 58.3 cm³/mol. The zero-order chi connectivity index (χ0) is 10.3. The van der Waals surface area contributed by atoms with Gasteiger partial charge in [0, 0.05) is 17.5 Å². The lowest BCUT2D eigenvalue weighted by molar-refractivity contribution is 0.715. The molecule has 3 rings (SSSR count). The summed E-state index contributed by atoms with van der Waals surface area (Å²) >= 11 is 0. The highest BCUT2D eigenvalue weighted by Crippen LogP contribution is 2.27. The fourth-order valence-electron chi connectivity index (χ4n) is 2.22. The SMILES string of the molecule is N#C[C@H]1Cc2cc3ccccc3nc2C1. The van der Waals surface area contributed by atoms with Gasteiger partial charge in [0.2, 0.25) is 0 Å². The number of para-hydroxylation sites is 1. The molecule has 1 aliphatic rings. The molecule has 1 aliphatic carbocycles. The third kappa shape index (κ3) is 1.28. The molecule has 1 heterocycles. The Hall–Kier alpha value is -1.88. The van der Waals surface area contributed by atoms with Crippen LogP contribution >= 0.6 is 0 Å². The Balaban J connectivity index is 2.19. The van der Waals surface area contributed by atoms with E-state index in [1.807, 2.05) is 18.2 Å². The van der Waals surface area contributed by atoms with E-state index in [0.29, 0.717) is 0 Å². The molecule has 0 fully saturated rings. The van der Waals surface area contributed by atoms with Crippen LogP contribution in [0.5, 0.6) is 0 Å². The zero-order valence-corrected chi connectivity index (χ0v) is 8.27. The Morgan fingerprint density at radius 2 is 2.13 bits per heavy atom. The first-order chi connectivity index (χ1) is 7.36. The number of nitriles is 1. The van der Waals surface area contributed by atoms with Gasteiger partial charge < -0.3 is 0 Å². The molecule has 0 radical (unpaired) electrons. The highest BCUT2D eigenvalue weighted by molar-refractivity contribution is 5.79. The molecular weight excluding hydrogens is 184 g/mol. The van der Waals surface area contributed by atoms with E-state index in [-0.39, 0.29) is 5.92 Å². The maximum absolute atomic E-state index is 8.90. The monoisotopic (exact) mass is 194 g/mol. The molecule has 0 N–H and O–H groups in total. The Bertz CT molecular complexity index is 522. The van der Waals surface area contributed by atoms with E-state index in [2.05, 4.69) is 23.2 Å². The Morgan fingerprint density at radius 3 is 3.00 bits per heavy atom. The van der Waals surface area contributed by atoms with Gasteiger partial charge in [-0.3, -0.25) is 4.98 Å². The summed E-state index contributed by atoms with van der Waals surface area (Å²) in [5, 5.41) is 10.1. The van der Waals surface area contributed by atoms with E-state index < -0.39 is 0 Å². The van der Waals surface area contributed by atoms with Gasteiger partial charge >= 0.3 is 0 Å². The Labute approximate surface area is 88.2 Å². The molecule has 15 heavy (non-hydrogen) atoms. The van der Waals surface area contributed by atoms with Crippen LogP contribution < -0.4 is 0 Å². The van der Waals surface area contributed by atoms with Gasteiger partial charge in [0.15, 0.2) is 0 Å². The van der Waals surface area contributed by atoms with Crippen LogP contribution in [0.25, 0.3) is 10.9 Å². The number of fused-ring (bicyclic) bond motifs is 2. The van der Waals surface area contributed by atoms with Gasteiger partial charge in [-0.25, -0.2) is 0 Å². The van der Waals surface area contributed by atoms with Crippen molar-refractivity contribution in [2.24, 2.45) is 5.92 Å². The molecule has 1 aromatic heterocycles. The van der Waals surface area contributed by atoms with Crippen LogP contribution in [-0.2, 0) is 12.8 Å². The number of pyridine rings is 1. The van der Waals surface area contributed by atoms with Crippen molar-refractivity contribution in [2.75, 3.05) is 0 Å². The average Bonchev–Trinajstić information content (AvgIpc) is 2.67. The van der Waals surface area contributed by atoms with Crippen LogP contribution in [0.15, 0.2) is 30.3 Å². The number of benzene rings is 1. The van der Waals surface area contributed by atoms with Crippen molar-refractivity contribution >= 4 is 10.9 Å². The van der Waals surface area contributed by atoms with Crippen molar-refractivity contribution in [3.63, 3.8) is 0 Å². The van der Waals surface area contributed by atoms with Crippen LogP contribution in [0.2, 0.25) is 0 Å². The van der Waals surface area contributed by atoms with E-state index >= 15 is 0 Å². The summed E-state index contributed by atoms with van der Waals surface area (Å²) < 4.78 is 0. The Morgan fingerprint density at radius 1 is 1.27 bits per heavy atom. The summed E-state index contributed by atoms with van der Waals surface area (Å²) in [5.74, 6) is 0.129. The molecule has 1 aromatic carbocycles. The quantitative estimate of drug-likeness (QED) is 0.646. The molecule has 2 aromatic rings. The Kier molecular flexibility index (Phi) is 1.72. The molecule has 0 saturated carbocycles. The molecule has 2 nitrogen and oxygen atoms in total. The predicted octanol–water partition coefficient (Wildman–Crippen LogP) is 2.47. The van der Waals surface area contributed by atoms with Crippen LogP contribution in [-0.4, -0.2) is 4.98 Å². The van der Waals surface area contributed by atoms with Gasteiger partial charge in [0.05, 0.1) is 17.5 Å². The first kappa shape index (κ1) is 8.43. The van der Waals surface area contributed by atoms with Crippen molar-refractivity contribution in [2.45, 2.75) is 12.8 Å². The summed E-state index contributed by atoms with van der Waals surface area (Å²) in [6, 6.07) is 12.6. The normalized spacial score (nSPS) is 18.7. The molecule has 0 unspecified atom stereocenters. The number of hydrogen-bond acceptors (Lipinski definition) is 2. The molecule has 72 valence electrons. The molecule has 0 bridgehead atoms. The highest BCUT2D eigenvalue weighted by atomic mass is 14.7. The van der Waals surface area contributed by atoms with E-state index in [4.69, 9.17) is 5.26 Å². The van der Waals surface area contributed by atoms with Gasteiger partial charge in [-0.15, -0.1) is 0 Å². The lowest BCUT2D eigenvalue weighted by Gasteiger charge is -2.01. The lowest BCUT2D eigenvalue weighted by atomic mass is 10.1. The van der Waals surface area contributed by atoms with Crippen LogP contribution in [0.3, 0.4) is 0 Å². The summed E-state index contributed by atoms with van der Waals surface area (Å²) in [6.45, 7) is 0. The summed E-state index contributed by atoms with van der Waals surface area (Å²) in [4.78, 5) is 4.60. The minimum atomic E-state index is 0.129. The fraction of sp³-hybridized carbons (Fsp3) is 0.231. The lowest BCUT2D eigenvalue weighted by Crippen LogP contribution is -1.93. The van der Waals surface area contributed by atoms with E-state index in [0.717, 1.165) is 24.1 Å². The maximum Gasteiger partial charge on any atom is 0.0705 e. The molecule has 1 atom stereocenters. The molecule has 0 amide bonds. The van der Waals surface area contributed by atoms with Crippen molar-refractivity contribution in [1.29, 1.82) is 5.26 Å². The van der Waals surface area contributed by atoms with Gasteiger partial charge in [-0.05, 0) is 24.1 Å². The first-order valence-corrected chi connectivity index (χ1v) is 5.14. The zero-order valence-electron chi connectivity index (χ0n) is 8.27. The van der Waals surface area contributed by atoms with Crippen molar-refractivity contribution in [1.82, 2.24) is 4.98 Å². The summed E-state index contributed by atoms with van der Waals surface area (Å²) in [7, 11) is 0. The third-order valence-electron chi connectivity index (χ3n) is 2.98. The van der Waals surface area contributed by atoms with Crippen molar-refractivity contribution in [3.8, 4) is 6.07 Å². The van der Waals surface area contributed by atoms with Crippen LogP contribution in [0.4, 0.5) is 0 Å². The standard InChI is InChI=1S/C13H10N2/c14-8-9-5-11-7-10-3-1-2-4-12(10)15-13(11)6-9/h1-4,7,9H,5-6H2/t9-/m0/s1. The fourth-order valence-corrected chi connectivity index (χ4v) is 2.22. The third-order valence-corrected chi connectivity index (χ3v) is 2.98. The van der Waals surface area contributed by atoms with Gasteiger partial charge in [0.1, 0.15) is 0 Å². The molecular formula is C13H10N2. The number of hydrogen-bond donors (Lipinski definition) is 0. The van der Waals surface area contributed by atoms with Crippen molar-refractivity contribution in [3.05, 3.63) is 41.6 Å². The first-order valence-electron chi connectivity index (χ1n) is 5.14. The summed E-state index contributed by atoms with van der Waals surface area (Å²) in [5.41, 5.74) is 3.40. The topological polar surface area (TPSA) is 36.7 Å². The van der Waals surface area contributed by atoms with E-state index in [1.165, 1.54) is 10.9 Å². The molecule has 0 aliphatic heterocycles.